The first kappa shape index (κ1) is 19.6. The van der Waals surface area contributed by atoms with E-state index in [1.807, 2.05) is 24.3 Å². The van der Waals surface area contributed by atoms with Crippen molar-refractivity contribution in [2.24, 2.45) is 7.05 Å². The van der Waals surface area contributed by atoms with Crippen molar-refractivity contribution in [3.63, 3.8) is 0 Å². The van der Waals surface area contributed by atoms with Gasteiger partial charge in [0.05, 0.1) is 25.0 Å². The number of hydrogen-bond acceptors (Lipinski definition) is 5. The van der Waals surface area contributed by atoms with E-state index in [0.717, 1.165) is 5.56 Å². The minimum atomic E-state index is -0.261. The molecule has 0 saturated heterocycles. The van der Waals surface area contributed by atoms with Crippen molar-refractivity contribution < 1.29 is 15.0 Å². The number of nitrogens with one attached hydrogen (secondary N) is 1. The Labute approximate surface area is 151 Å². The monoisotopic (exact) mass is 360 g/mol. The number of likely N-dealkylation sites (N-methyl/N-ethyl adjacent to an activating group) is 1. The van der Waals surface area contributed by atoms with Gasteiger partial charge in [-0.3, -0.25) is 4.79 Å². The highest BCUT2D eigenvalue weighted by Gasteiger charge is 2.12. The maximum atomic E-state index is 12.3. The van der Waals surface area contributed by atoms with Crippen LogP contribution in [0.15, 0.2) is 35.3 Å². The highest BCUT2D eigenvalue weighted by atomic mass is 16.3. The third-order valence-electron chi connectivity index (χ3n) is 4.10. The fourth-order valence-corrected chi connectivity index (χ4v) is 2.54. The molecule has 0 unspecified atom stereocenters. The first-order valence-electron chi connectivity index (χ1n) is 8.33. The molecule has 1 aromatic carbocycles. The zero-order valence-corrected chi connectivity index (χ0v) is 15.0. The molecule has 0 spiro atoms. The Hall–Kier alpha value is -2.71. The zero-order chi connectivity index (χ0) is 19.1. The summed E-state index contributed by atoms with van der Waals surface area (Å²) in [7, 11) is 3.19. The lowest BCUT2D eigenvalue weighted by Gasteiger charge is -2.16. The van der Waals surface area contributed by atoms with Crippen LogP contribution in [0.25, 0.3) is 11.1 Å². The smallest absolute Gasteiger partial charge is 0.317 e. The molecule has 2 aromatic rings. The highest BCUT2D eigenvalue weighted by molar-refractivity contribution is 5.73. The van der Waals surface area contributed by atoms with Crippen LogP contribution in [0.4, 0.5) is 4.79 Å². The summed E-state index contributed by atoms with van der Waals surface area (Å²) in [5.41, 5.74) is 2.39. The Morgan fingerprint density at radius 2 is 1.96 bits per heavy atom. The van der Waals surface area contributed by atoms with Crippen LogP contribution in [0.2, 0.25) is 0 Å². The molecule has 0 fully saturated rings. The number of carbonyl (C=O) groups is 1. The van der Waals surface area contributed by atoms with E-state index < -0.39 is 0 Å². The fraction of sp³-hybridized carbons (Fsp3) is 0.389. The normalized spacial score (nSPS) is 10.6. The van der Waals surface area contributed by atoms with Crippen LogP contribution in [0, 0.1) is 0 Å². The van der Waals surface area contributed by atoms with E-state index in [1.54, 1.807) is 14.1 Å². The molecule has 3 N–H and O–H groups in total. The number of amides is 2. The number of benzene rings is 1. The largest absolute Gasteiger partial charge is 0.395 e. The van der Waals surface area contributed by atoms with E-state index in [-0.39, 0.29) is 31.3 Å². The number of urea groups is 1. The molecule has 26 heavy (non-hydrogen) atoms. The molecular weight excluding hydrogens is 336 g/mol. The van der Waals surface area contributed by atoms with Crippen molar-refractivity contribution in [2.45, 2.75) is 13.0 Å². The van der Waals surface area contributed by atoms with Gasteiger partial charge in [-0.2, -0.15) is 5.10 Å². The quantitative estimate of drug-likeness (QED) is 0.650. The Balaban J connectivity index is 2.05. The molecule has 0 aliphatic rings. The lowest BCUT2D eigenvalue weighted by molar-refractivity contribution is 0.190. The molecule has 8 nitrogen and oxygen atoms in total. The summed E-state index contributed by atoms with van der Waals surface area (Å²) in [6, 6.07) is 7.19. The minimum absolute atomic E-state index is 0.0737. The van der Waals surface area contributed by atoms with Gasteiger partial charge in [0.15, 0.2) is 0 Å². The van der Waals surface area contributed by atoms with E-state index in [2.05, 4.69) is 10.4 Å². The van der Waals surface area contributed by atoms with Crippen LogP contribution in [0.3, 0.4) is 0 Å². The second kappa shape index (κ2) is 9.12. The van der Waals surface area contributed by atoms with Crippen molar-refractivity contribution in [3.8, 4) is 11.1 Å². The lowest BCUT2D eigenvalue weighted by atomic mass is 10.0. The molecular formula is C18H24N4O4. The van der Waals surface area contributed by atoms with Gasteiger partial charge in [-0.15, -0.1) is 0 Å². The van der Waals surface area contributed by atoms with E-state index >= 15 is 0 Å². The fourth-order valence-electron chi connectivity index (χ4n) is 2.54. The van der Waals surface area contributed by atoms with Crippen molar-refractivity contribution in [3.05, 3.63) is 51.9 Å². The zero-order valence-electron chi connectivity index (χ0n) is 15.0. The molecule has 2 rings (SSSR count). The summed E-state index contributed by atoms with van der Waals surface area (Å²) in [6.45, 7) is 0.421. The first-order chi connectivity index (χ1) is 12.5. The number of nitrogens with zero attached hydrogens (tertiary/aromatic N) is 3. The average molecular weight is 360 g/mol. The minimum Gasteiger partial charge on any atom is -0.395 e. The third-order valence-corrected chi connectivity index (χ3v) is 4.10. The maximum absolute atomic E-state index is 12.3. The van der Waals surface area contributed by atoms with Gasteiger partial charge in [-0.1, -0.05) is 24.3 Å². The Bertz CT molecular complexity index is 802. The van der Waals surface area contributed by atoms with E-state index in [1.165, 1.54) is 15.8 Å². The average Bonchev–Trinajstić information content (AvgIpc) is 2.64. The Morgan fingerprint density at radius 3 is 2.58 bits per heavy atom. The van der Waals surface area contributed by atoms with E-state index in [9.17, 15) is 14.7 Å². The maximum Gasteiger partial charge on any atom is 0.317 e. The number of carbonyl (C=O) groups excluding carboxylic acids is 1. The topological polar surface area (TPSA) is 108 Å². The molecule has 0 bridgehead atoms. The van der Waals surface area contributed by atoms with Crippen molar-refractivity contribution in [2.75, 3.05) is 26.7 Å². The Morgan fingerprint density at radius 1 is 1.27 bits per heavy atom. The first-order valence-corrected chi connectivity index (χ1v) is 8.33. The molecule has 0 atom stereocenters. The van der Waals surface area contributed by atoms with Gasteiger partial charge in [0.25, 0.3) is 5.56 Å². The van der Waals surface area contributed by atoms with Crippen LogP contribution in [0.1, 0.15) is 11.1 Å². The predicted molar refractivity (Wildman–Crippen MR) is 97.7 cm³/mol. The summed E-state index contributed by atoms with van der Waals surface area (Å²) in [4.78, 5) is 25.5. The molecule has 140 valence electrons. The summed E-state index contributed by atoms with van der Waals surface area (Å²) in [5, 5.41) is 25.0. The predicted octanol–water partition coefficient (Wildman–Crippen LogP) is 0.116. The van der Waals surface area contributed by atoms with Crippen molar-refractivity contribution in [1.29, 1.82) is 0 Å². The van der Waals surface area contributed by atoms with Gasteiger partial charge in [0.2, 0.25) is 0 Å². The Kier molecular flexibility index (Phi) is 6.88. The van der Waals surface area contributed by atoms with Crippen LogP contribution in [-0.4, -0.2) is 57.7 Å². The van der Waals surface area contributed by atoms with Crippen LogP contribution >= 0.6 is 0 Å². The van der Waals surface area contributed by atoms with Gasteiger partial charge in [0.1, 0.15) is 0 Å². The SMILES string of the molecule is CN(CCO)C(=O)NCCc1ccc(-c2c(CO)cnn(C)c2=O)cc1. The number of aryl methyl sites for hydroxylation is 1. The van der Waals surface area contributed by atoms with Gasteiger partial charge < -0.3 is 20.4 Å². The summed E-state index contributed by atoms with van der Waals surface area (Å²) < 4.78 is 1.24. The van der Waals surface area contributed by atoms with E-state index in [0.29, 0.717) is 29.7 Å². The van der Waals surface area contributed by atoms with Gasteiger partial charge in [-0.25, -0.2) is 9.48 Å². The molecule has 8 heteroatoms. The number of aliphatic hydroxyl groups excluding tert-OH is 2. The summed E-state index contributed by atoms with van der Waals surface area (Å²) >= 11 is 0. The second-order valence-corrected chi connectivity index (χ2v) is 5.96. The van der Waals surface area contributed by atoms with Gasteiger partial charge >= 0.3 is 6.03 Å². The second-order valence-electron chi connectivity index (χ2n) is 5.96. The van der Waals surface area contributed by atoms with Gasteiger partial charge in [-0.05, 0) is 17.5 Å². The van der Waals surface area contributed by atoms with Crippen LogP contribution in [-0.2, 0) is 20.1 Å². The van der Waals surface area contributed by atoms with Crippen LogP contribution < -0.4 is 10.9 Å². The number of rotatable bonds is 7. The molecule has 1 heterocycles. The molecule has 0 radical (unpaired) electrons. The standard InChI is InChI=1S/C18H24N4O4/c1-21(9-10-23)18(26)19-8-7-13-3-5-14(6-4-13)16-15(12-24)11-20-22(2)17(16)25/h3-6,11,23-24H,7-10,12H2,1-2H3,(H,19,26). The van der Waals surface area contributed by atoms with Crippen molar-refractivity contribution >= 4 is 6.03 Å². The number of aromatic nitrogens is 2. The molecule has 0 aliphatic carbocycles. The molecule has 2 amide bonds. The number of aliphatic hydroxyl groups is 2. The van der Waals surface area contributed by atoms with E-state index in [4.69, 9.17) is 5.11 Å². The third kappa shape index (κ3) is 4.68. The highest BCUT2D eigenvalue weighted by Crippen LogP contribution is 2.20. The summed E-state index contributed by atoms with van der Waals surface area (Å²) in [5.74, 6) is 0. The van der Waals surface area contributed by atoms with Gasteiger partial charge in [0, 0.05) is 32.7 Å². The molecule has 1 aromatic heterocycles. The lowest BCUT2D eigenvalue weighted by Crippen LogP contribution is -2.39. The number of hydrogen-bond donors (Lipinski definition) is 3. The molecule has 0 aliphatic heterocycles. The van der Waals surface area contributed by atoms with Crippen LogP contribution in [0.5, 0.6) is 0 Å². The summed E-state index contributed by atoms with van der Waals surface area (Å²) in [6.07, 6.45) is 2.13. The molecule has 0 saturated carbocycles. The van der Waals surface area contributed by atoms with Crippen molar-refractivity contribution in [1.82, 2.24) is 20.0 Å².